The molecule has 28 heavy (non-hydrogen) atoms. The second-order valence-corrected chi connectivity index (χ2v) is 8.60. The number of ether oxygens (including phenoxy) is 1. The second-order valence-electron chi connectivity index (χ2n) is 7.74. The van der Waals surface area contributed by atoms with E-state index in [4.69, 9.17) is 10.5 Å². The molecule has 0 radical (unpaired) electrons. The van der Waals surface area contributed by atoms with Crippen molar-refractivity contribution in [3.05, 3.63) is 52.0 Å². The molecule has 3 rings (SSSR count). The Balaban J connectivity index is 2.12. The average Bonchev–Trinajstić information content (AvgIpc) is 2.61. The minimum absolute atomic E-state index is 0.0393. The van der Waals surface area contributed by atoms with E-state index >= 15 is 0 Å². The Morgan fingerprint density at radius 3 is 2.64 bits per heavy atom. The molecule has 0 fully saturated rings. The highest BCUT2D eigenvalue weighted by atomic mass is 79.9. The Morgan fingerprint density at radius 2 is 2.00 bits per heavy atom. The fraction of sp³-hybridized carbons (Fsp3) is 0.364. The molecule has 0 bridgehead atoms. The van der Waals surface area contributed by atoms with E-state index in [1.165, 1.54) is 4.90 Å². The molecule has 148 valence electrons. The maximum absolute atomic E-state index is 12.4. The van der Waals surface area contributed by atoms with Gasteiger partial charge in [0, 0.05) is 12.6 Å². The van der Waals surface area contributed by atoms with Crippen molar-refractivity contribution in [2.24, 2.45) is 10.7 Å². The second kappa shape index (κ2) is 7.59. The summed E-state index contributed by atoms with van der Waals surface area (Å²) in [6.45, 7) is 8.02. The molecule has 1 aliphatic rings. The van der Waals surface area contributed by atoms with Crippen LogP contribution in [0.15, 0.2) is 45.9 Å². The van der Waals surface area contributed by atoms with Gasteiger partial charge in [-0.05, 0) is 78.5 Å². The maximum Gasteiger partial charge on any atom is 0.231 e. The van der Waals surface area contributed by atoms with E-state index in [9.17, 15) is 4.79 Å². The quantitative estimate of drug-likeness (QED) is 0.750. The molecule has 0 spiro atoms. The van der Waals surface area contributed by atoms with E-state index in [-0.39, 0.29) is 24.4 Å². The van der Waals surface area contributed by atoms with Crippen LogP contribution in [0, 0.1) is 6.92 Å². The van der Waals surface area contributed by atoms with Gasteiger partial charge < -0.3 is 10.5 Å². The van der Waals surface area contributed by atoms with Gasteiger partial charge in [-0.1, -0.05) is 18.2 Å². The topological polar surface area (TPSA) is 67.9 Å². The number of carbonyl (C=O) groups excluding carboxylic acids is 1. The van der Waals surface area contributed by atoms with Crippen molar-refractivity contribution in [1.29, 1.82) is 0 Å². The van der Waals surface area contributed by atoms with Gasteiger partial charge in [0.25, 0.3) is 0 Å². The molecule has 1 atom stereocenters. The molecule has 1 aliphatic heterocycles. The molecule has 1 heterocycles. The number of carbonyl (C=O) groups is 1. The van der Waals surface area contributed by atoms with Crippen LogP contribution in [0.2, 0.25) is 0 Å². The van der Waals surface area contributed by atoms with E-state index in [0.717, 1.165) is 32.5 Å². The van der Waals surface area contributed by atoms with Crippen LogP contribution in [-0.4, -0.2) is 29.9 Å². The number of benzene rings is 2. The van der Waals surface area contributed by atoms with Crippen LogP contribution >= 0.6 is 15.9 Å². The summed E-state index contributed by atoms with van der Waals surface area (Å²) < 4.78 is 7.01. The fourth-order valence-electron chi connectivity index (χ4n) is 3.40. The molecule has 0 aromatic heterocycles. The maximum atomic E-state index is 12.4. The van der Waals surface area contributed by atoms with Crippen LogP contribution in [0.4, 0.5) is 0 Å². The summed E-state index contributed by atoms with van der Waals surface area (Å²) in [5.41, 5.74) is 9.38. The number of hydrogen-bond acceptors (Lipinski definition) is 4. The van der Waals surface area contributed by atoms with Gasteiger partial charge in [0.05, 0.1) is 22.5 Å². The predicted octanol–water partition coefficient (Wildman–Crippen LogP) is 4.60. The van der Waals surface area contributed by atoms with Gasteiger partial charge in [0.1, 0.15) is 5.75 Å². The van der Waals surface area contributed by atoms with Gasteiger partial charge in [-0.25, -0.2) is 4.99 Å². The Bertz CT molecular complexity index is 955. The normalized spacial score (nSPS) is 19.8. The molecule has 0 saturated carbocycles. The van der Waals surface area contributed by atoms with Crippen molar-refractivity contribution in [1.82, 2.24) is 4.90 Å². The first-order valence-electron chi connectivity index (χ1n) is 9.30. The van der Waals surface area contributed by atoms with Gasteiger partial charge in [-0.3, -0.25) is 9.69 Å². The number of amides is 1. The molecular weight excluding hydrogens is 418 g/mol. The largest absolute Gasteiger partial charge is 0.489 e. The van der Waals surface area contributed by atoms with Crippen molar-refractivity contribution in [3.63, 3.8) is 0 Å². The smallest absolute Gasteiger partial charge is 0.231 e. The zero-order valence-electron chi connectivity index (χ0n) is 16.9. The summed E-state index contributed by atoms with van der Waals surface area (Å²) in [5.74, 6) is 1.01. The van der Waals surface area contributed by atoms with Crippen molar-refractivity contribution in [3.8, 4) is 16.9 Å². The van der Waals surface area contributed by atoms with Crippen molar-refractivity contribution < 1.29 is 9.53 Å². The van der Waals surface area contributed by atoms with Crippen LogP contribution in [0.1, 0.15) is 38.3 Å². The predicted molar refractivity (Wildman–Crippen MR) is 116 cm³/mol. The molecule has 2 N–H and O–H groups in total. The Labute approximate surface area is 174 Å². The van der Waals surface area contributed by atoms with Crippen LogP contribution in [0.5, 0.6) is 5.75 Å². The van der Waals surface area contributed by atoms with Gasteiger partial charge in [0.15, 0.2) is 5.96 Å². The molecule has 0 aliphatic carbocycles. The number of aliphatic imine (C=N–C) groups is 1. The number of rotatable bonds is 4. The summed E-state index contributed by atoms with van der Waals surface area (Å²) in [6, 6.07) is 12.3. The Hall–Kier alpha value is -2.34. The molecule has 6 heteroatoms. The third-order valence-electron chi connectivity index (χ3n) is 4.91. The number of nitrogens with two attached hydrogens (primary N) is 1. The molecule has 2 aromatic carbocycles. The number of guanidine groups is 1. The first-order valence-corrected chi connectivity index (χ1v) is 10.1. The van der Waals surface area contributed by atoms with Gasteiger partial charge >= 0.3 is 0 Å². The van der Waals surface area contributed by atoms with Crippen LogP contribution in [0.25, 0.3) is 11.1 Å². The first-order chi connectivity index (χ1) is 13.1. The lowest BCUT2D eigenvalue weighted by molar-refractivity contribution is -0.128. The SMILES string of the molecule is Cc1cc(Br)c(OC(C)C)c(-c2cccc(C3(C)CC(=O)N(C)C(N)=N3)c2)c1. The summed E-state index contributed by atoms with van der Waals surface area (Å²) >= 11 is 3.64. The van der Waals surface area contributed by atoms with Crippen LogP contribution in [-0.2, 0) is 10.3 Å². The molecule has 1 unspecified atom stereocenters. The average molecular weight is 444 g/mol. The third-order valence-corrected chi connectivity index (χ3v) is 5.50. The highest BCUT2D eigenvalue weighted by Crippen LogP contribution is 2.41. The standard InChI is InChI=1S/C22H26BrN3O2/c1-13(2)28-20-17(9-14(3)10-18(20)23)15-7-6-8-16(11-15)22(4)12-19(27)26(5)21(24)25-22/h6-11,13H,12H2,1-5H3,(H2,24,25). The van der Waals surface area contributed by atoms with Crippen LogP contribution < -0.4 is 10.5 Å². The number of halogens is 1. The summed E-state index contributed by atoms with van der Waals surface area (Å²) in [4.78, 5) is 18.4. The zero-order chi connectivity index (χ0) is 20.6. The third kappa shape index (κ3) is 3.92. The molecule has 5 nitrogen and oxygen atoms in total. The number of hydrogen-bond donors (Lipinski definition) is 1. The minimum atomic E-state index is -0.691. The lowest BCUT2D eigenvalue weighted by atomic mass is 9.86. The molecular formula is C22H26BrN3O2. The summed E-state index contributed by atoms with van der Waals surface area (Å²) in [6.07, 6.45) is 0.329. The van der Waals surface area contributed by atoms with Crippen LogP contribution in [0.3, 0.4) is 0 Å². The first kappa shape index (κ1) is 20.4. The summed E-state index contributed by atoms with van der Waals surface area (Å²) in [7, 11) is 1.65. The van der Waals surface area contributed by atoms with Gasteiger partial charge in [-0.2, -0.15) is 0 Å². The van der Waals surface area contributed by atoms with E-state index in [2.05, 4.69) is 40.0 Å². The minimum Gasteiger partial charge on any atom is -0.489 e. The molecule has 0 saturated heterocycles. The number of aryl methyl sites for hydroxylation is 1. The zero-order valence-corrected chi connectivity index (χ0v) is 18.5. The highest BCUT2D eigenvalue weighted by molar-refractivity contribution is 9.10. The lowest BCUT2D eigenvalue weighted by Gasteiger charge is -2.33. The van der Waals surface area contributed by atoms with E-state index in [0.29, 0.717) is 0 Å². The molecule has 1 amide bonds. The van der Waals surface area contributed by atoms with E-state index in [1.54, 1.807) is 7.05 Å². The van der Waals surface area contributed by atoms with Crippen molar-refractivity contribution >= 4 is 27.8 Å². The van der Waals surface area contributed by atoms with Gasteiger partial charge in [0.2, 0.25) is 5.91 Å². The highest BCUT2D eigenvalue weighted by Gasteiger charge is 2.36. The van der Waals surface area contributed by atoms with Gasteiger partial charge in [-0.15, -0.1) is 0 Å². The number of nitrogens with zero attached hydrogens (tertiary/aromatic N) is 2. The monoisotopic (exact) mass is 443 g/mol. The fourth-order valence-corrected chi connectivity index (χ4v) is 4.06. The Morgan fingerprint density at radius 1 is 1.29 bits per heavy atom. The lowest BCUT2D eigenvalue weighted by Crippen LogP contribution is -2.47. The Kier molecular flexibility index (Phi) is 5.53. The van der Waals surface area contributed by atoms with Crippen molar-refractivity contribution in [2.45, 2.75) is 45.8 Å². The van der Waals surface area contributed by atoms with E-state index in [1.807, 2.05) is 45.0 Å². The van der Waals surface area contributed by atoms with E-state index < -0.39 is 5.54 Å². The molecule has 2 aromatic rings. The van der Waals surface area contributed by atoms with Crippen molar-refractivity contribution in [2.75, 3.05) is 7.05 Å². The summed E-state index contributed by atoms with van der Waals surface area (Å²) in [5, 5.41) is 0.